The van der Waals surface area contributed by atoms with Crippen molar-refractivity contribution in [1.82, 2.24) is 0 Å². The summed E-state index contributed by atoms with van der Waals surface area (Å²) in [6.45, 7) is 0. The Kier molecular flexibility index (Phi) is 4.12. The van der Waals surface area contributed by atoms with Crippen LogP contribution in [0, 0.1) is 5.82 Å². The van der Waals surface area contributed by atoms with Crippen molar-refractivity contribution >= 4 is 33.5 Å². The lowest BCUT2D eigenvalue weighted by Crippen LogP contribution is -1.99. The van der Waals surface area contributed by atoms with Crippen molar-refractivity contribution in [2.45, 2.75) is 0 Å². The third kappa shape index (κ3) is 3.29. The van der Waals surface area contributed by atoms with Crippen molar-refractivity contribution < 1.29 is 14.3 Å². The standard InChI is InChI=1S/C15H10BrFO2/c16-14-9-12(17)7-6-11(14)8-13(15(18)19)10-4-2-1-3-5-10/h1-9H,(H,18,19)/b13-8+. The van der Waals surface area contributed by atoms with Crippen LogP contribution in [-0.4, -0.2) is 11.1 Å². The molecule has 0 bridgehead atoms. The van der Waals surface area contributed by atoms with Gasteiger partial charge < -0.3 is 5.11 Å². The largest absolute Gasteiger partial charge is 0.478 e. The zero-order valence-corrected chi connectivity index (χ0v) is 11.4. The zero-order valence-electron chi connectivity index (χ0n) is 9.81. The van der Waals surface area contributed by atoms with Crippen molar-refractivity contribution in [2.75, 3.05) is 0 Å². The Morgan fingerprint density at radius 2 is 1.84 bits per heavy atom. The van der Waals surface area contributed by atoms with Gasteiger partial charge in [-0.25, -0.2) is 9.18 Å². The third-order valence-electron chi connectivity index (χ3n) is 2.58. The van der Waals surface area contributed by atoms with Crippen molar-refractivity contribution in [3.8, 4) is 0 Å². The molecule has 0 spiro atoms. The van der Waals surface area contributed by atoms with E-state index in [2.05, 4.69) is 15.9 Å². The number of carbonyl (C=O) groups is 1. The lowest BCUT2D eigenvalue weighted by atomic mass is 10.0. The van der Waals surface area contributed by atoms with Crippen LogP contribution in [0.4, 0.5) is 4.39 Å². The summed E-state index contributed by atoms with van der Waals surface area (Å²) in [5, 5.41) is 9.28. The molecular formula is C15H10BrFO2. The van der Waals surface area contributed by atoms with Crippen molar-refractivity contribution in [3.63, 3.8) is 0 Å². The van der Waals surface area contributed by atoms with Gasteiger partial charge in [0.15, 0.2) is 0 Å². The molecule has 0 fully saturated rings. The molecule has 0 saturated carbocycles. The summed E-state index contributed by atoms with van der Waals surface area (Å²) >= 11 is 3.22. The van der Waals surface area contributed by atoms with E-state index in [0.717, 1.165) is 0 Å². The second-order valence-corrected chi connectivity index (χ2v) is 4.75. The maximum Gasteiger partial charge on any atom is 0.336 e. The Balaban J connectivity index is 2.51. The summed E-state index contributed by atoms with van der Waals surface area (Å²) in [6, 6.07) is 12.9. The third-order valence-corrected chi connectivity index (χ3v) is 3.26. The highest BCUT2D eigenvalue weighted by molar-refractivity contribution is 9.10. The molecule has 0 unspecified atom stereocenters. The van der Waals surface area contributed by atoms with Crippen molar-refractivity contribution in [2.24, 2.45) is 0 Å². The van der Waals surface area contributed by atoms with Crippen LogP contribution >= 0.6 is 15.9 Å². The predicted octanol–water partition coefficient (Wildman–Crippen LogP) is 4.21. The average Bonchev–Trinajstić information content (AvgIpc) is 2.38. The topological polar surface area (TPSA) is 37.3 Å². The van der Waals surface area contributed by atoms with E-state index in [4.69, 9.17) is 0 Å². The molecule has 0 aromatic heterocycles. The number of rotatable bonds is 3. The normalized spacial score (nSPS) is 11.4. The maximum atomic E-state index is 13.0. The van der Waals surface area contributed by atoms with E-state index >= 15 is 0 Å². The van der Waals surface area contributed by atoms with Gasteiger partial charge in [-0.05, 0) is 29.3 Å². The van der Waals surface area contributed by atoms with Crippen LogP contribution in [0.1, 0.15) is 11.1 Å². The van der Waals surface area contributed by atoms with Crippen LogP contribution < -0.4 is 0 Å². The van der Waals surface area contributed by atoms with Crippen LogP contribution in [0.15, 0.2) is 53.0 Å². The molecule has 0 atom stereocenters. The molecule has 2 nitrogen and oxygen atoms in total. The molecule has 0 aliphatic carbocycles. The van der Waals surface area contributed by atoms with E-state index in [9.17, 15) is 14.3 Å². The molecule has 19 heavy (non-hydrogen) atoms. The monoisotopic (exact) mass is 320 g/mol. The van der Waals surface area contributed by atoms with Gasteiger partial charge in [0.1, 0.15) is 5.82 Å². The lowest BCUT2D eigenvalue weighted by Gasteiger charge is -2.04. The first-order valence-corrected chi connectivity index (χ1v) is 6.32. The Morgan fingerprint density at radius 3 is 2.42 bits per heavy atom. The fraction of sp³-hybridized carbons (Fsp3) is 0. The highest BCUT2D eigenvalue weighted by Crippen LogP contribution is 2.24. The van der Waals surface area contributed by atoms with Gasteiger partial charge in [-0.15, -0.1) is 0 Å². The predicted molar refractivity (Wildman–Crippen MR) is 76.0 cm³/mol. The van der Waals surface area contributed by atoms with Crippen LogP contribution in [0.3, 0.4) is 0 Å². The second-order valence-electron chi connectivity index (χ2n) is 3.90. The minimum absolute atomic E-state index is 0.160. The molecule has 0 amide bonds. The molecule has 0 heterocycles. The summed E-state index contributed by atoms with van der Waals surface area (Å²) in [4.78, 5) is 11.3. The zero-order chi connectivity index (χ0) is 13.8. The Bertz CT molecular complexity index is 636. The molecule has 2 aromatic rings. The van der Waals surface area contributed by atoms with Crippen molar-refractivity contribution in [3.05, 3.63) is 69.9 Å². The van der Waals surface area contributed by atoms with Gasteiger partial charge in [0, 0.05) is 4.47 Å². The van der Waals surface area contributed by atoms with E-state index < -0.39 is 5.97 Å². The number of benzene rings is 2. The van der Waals surface area contributed by atoms with Crippen LogP contribution in [0.5, 0.6) is 0 Å². The Hall–Kier alpha value is -1.94. The quantitative estimate of drug-likeness (QED) is 0.679. The molecule has 1 N–H and O–H groups in total. The smallest absolute Gasteiger partial charge is 0.336 e. The summed E-state index contributed by atoms with van der Waals surface area (Å²) in [7, 11) is 0. The Morgan fingerprint density at radius 1 is 1.16 bits per heavy atom. The molecule has 2 aromatic carbocycles. The summed E-state index contributed by atoms with van der Waals surface area (Å²) < 4.78 is 13.5. The molecule has 0 radical (unpaired) electrons. The highest BCUT2D eigenvalue weighted by Gasteiger charge is 2.11. The molecule has 0 saturated heterocycles. The summed E-state index contributed by atoms with van der Waals surface area (Å²) in [6.07, 6.45) is 1.52. The number of halogens is 2. The van der Waals surface area contributed by atoms with Gasteiger partial charge in [0.05, 0.1) is 5.57 Å². The van der Waals surface area contributed by atoms with Gasteiger partial charge >= 0.3 is 5.97 Å². The number of hydrogen-bond donors (Lipinski definition) is 1. The SMILES string of the molecule is O=C(O)/C(=C/c1ccc(F)cc1Br)c1ccccc1. The highest BCUT2D eigenvalue weighted by atomic mass is 79.9. The molecule has 4 heteroatoms. The van der Waals surface area contributed by atoms with Gasteiger partial charge in [-0.3, -0.25) is 0 Å². The lowest BCUT2D eigenvalue weighted by molar-refractivity contribution is -0.130. The first kappa shape index (κ1) is 13.5. The summed E-state index contributed by atoms with van der Waals surface area (Å²) in [5.74, 6) is -1.40. The number of carboxylic acid groups (broad SMARTS) is 1. The number of aliphatic carboxylic acids is 1. The fourth-order valence-electron chi connectivity index (χ4n) is 1.66. The van der Waals surface area contributed by atoms with E-state index in [1.54, 1.807) is 24.3 Å². The number of hydrogen-bond acceptors (Lipinski definition) is 1. The van der Waals surface area contributed by atoms with Gasteiger partial charge in [-0.1, -0.05) is 52.3 Å². The van der Waals surface area contributed by atoms with E-state index in [-0.39, 0.29) is 11.4 Å². The second kappa shape index (κ2) is 5.80. The van der Waals surface area contributed by atoms with Crippen LogP contribution in [0.2, 0.25) is 0 Å². The first-order chi connectivity index (χ1) is 9.08. The fourth-order valence-corrected chi connectivity index (χ4v) is 2.13. The first-order valence-electron chi connectivity index (χ1n) is 5.53. The minimum Gasteiger partial charge on any atom is -0.478 e. The van der Waals surface area contributed by atoms with Gasteiger partial charge in [0.25, 0.3) is 0 Å². The number of carboxylic acids is 1. The van der Waals surface area contributed by atoms with Crippen LogP contribution in [0.25, 0.3) is 11.6 Å². The minimum atomic E-state index is -1.03. The van der Waals surface area contributed by atoms with Gasteiger partial charge in [0.2, 0.25) is 0 Å². The van der Waals surface area contributed by atoms with E-state index in [1.165, 1.54) is 24.3 Å². The maximum absolute atomic E-state index is 13.0. The van der Waals surface area contributed by atoms with Crippen LogP contribution in [-0.2, 0) is 4.79 Å². The van der Waals surface area contributed by atoms with Gasteiger partial charge in [-0.2, -0.15) is 0 Å². The Labute approximate surface area is 118 Å². The average molecular weight is 321 g/mol. The molecule has 0 aliphatic heterocycles. The molecule has 96 valence electrons. The summed E-state index contributed by atoms with van der Waals surface area (Å²) in [5.41, 5.74) is 1.38. The van der Waals surface area contributed by atoms with E-state index in [1.807, 2.05) is 6.07 Å². The molecule has 0 aliphatic rings. The van der Waals surface area contributed by atoms with E-state index in [0.29, 0.717) is 15.6 Å². The molecule has 2 rings (SSSR count). The van der Waals surface area contributed by atoms with Crippen molar-refractivity contribution in [1.29, 1.82) is 0 Å². The molecular weight excluding hydrogens is 311 g/mol.